The van der Waals surface area contributed by atoms with Crippen molar-refractivity contribution in [2.45, 2.75) is 13.3 Å². The molecule has 0 aliphatic carbocycles. The average Bonchev–Trinajstić information content (AvgIpc) is 2.16. The summed E-state index contributed by atoms with van der Waals surface area (Å²) in [7, 11) is 0. The zero-order chi connectivity index (χ0) is 9.68. The van der Waals surface area contributed by atoms with Crippen LogP contribution in [0.25, 0.3) is 0 Å². The molecule has 1 aliphatic rings. The van der Waals surface area contributed by atoms with Gasteiger partial charge in [0.25, 0.3) is 0 Å². The highest BCUT2D eigenvalue weighted by Crippen LogP contribution is 2.16. The number of hydrogen-bond acceptors (Lipinski definition) is 4. The minimum Gasteiger partial charge on any atom is -0.394 e. The van der Waals surface area contributed by atoms with Crippen molar-refractivity contribution in [3.63, 3.8) is 0 Å². The fourth-order valence-electron chi connectivity index (χ4n) is 1.53. The van der Waals surface area contributed by atoms with Gasteiger partial charge >= 0.3 is 0 Å². The van der Waals surface area contributed by atoms with Crippen molar-refractivity contribution >= 4 is 6.72 Å². The van der Waals surface area contributed by atoms with Crippen LogP contribution in [0.1, 0.15) is 13.3 Å². The van der Waals surface area contributed by atoms with E-state index in [0.29, 0.717) is 6.54 Å². The van der Waals surface area contributed by atoms with Crippen molar-refractivity contribution in [2.75, 3.05) is 26.2 Å². The van der Waals surface area contributed by atoms with Crippen molar-refractivity contribution < 1.29 is 5.11 Å². The fraction of sp³-hybridized carbons (Fsp3) is 0.667. The molecule has 4 nitrogen and oxygen atoms in total. The minimum atomic E-state index is 0.114. The summed E-state index contributed by atoms with van der Waals surface area (Å²) in [6, 6.07) is 0. The van der Waals surface area contributed by atoms with Crippen LogP contribution in [-0.2, 0) is 0 Å². The number of nitrogens with zero attached hydrogens (tertiary/aromatic N) is 2. The summed E-state index contributed by atoms with van der Waals surface area (Å²) in [6.07, 6.45) is 0.963. The van der Waals surface area contributed by atoms with E-state index in [-0.39, 0.29) is 6.61 Å². The Bertz CT molecular complexity index is 213. The molecule has 0 amide bonds. The molecule has 1 heterocycles. The van der Waals surface area contributed by atoms with Gasteiger partial charge in [-0.3, -0.25) is 5.01 Å². The van der Waals surface area contributed by atoms with Crippen molar-refractivity contribution in [1.82, 2.24) is 10.3 Å². The van der Waals surface area contributed by atoms with Gasteiger partial charge in [0, 0.05) is 31.9 Å². The molecule has 0 fully saturated rings. The number of rotatable bonds is 4. The van der Waals surface area contributed by atoms with E-state index in [0.717, 1.165) is 19.5 Å². The number of aliphatic hydroxyl groups is 1. The highest BCUT2D eigenvalue weighted by Gasteiger charge is 2.13. The highest BCUT2D eigenvalue weighted by atomic mass is 16.3. The second-order valence-electron chi connectivity index (χ2n) is 3.14. The van der Waals surface area contributed by atoms with Crippen LogP contribution in [0.15, 0.2) is 16.4 Å². The largest absolute Gasteiger partial charge is 0.394 e. The molecule has 2 N–H and O–H groups in total. The van der Waals surface area contributed by atoms with E-state index in [1.807, 2.05) is 0 Å². The monoisotopic (exact) mass is 183 g/mol. The van der Waals surface area contributed by atoms with Crippen LogP contribution in [0.2, 0.25) is 0 Å². The zero-order valence-electron chi connectivity index (χ0n) is 8.08. The Morgan fingerprint density at radius 3 is 3.00 bits per heavy atom. The Kier molecular flexibility index (Phi) is 3.92. The molecule has 0 unspecified atom stereocenters. The van der Waals surface area contributed by atoms with Crippen molar-refractivity contribution in [3.05, 3.63) is 11.3 Å². The first-order valence-electron chi connectivity index (χ1n) is 4.54. The molecule has 0 aromatic carbocycles. The van der Waals surface area contributed by atoms with Crippen LogP contribution in [-0.4, -0.2) is 43.1 Å². The smallest absolute Gasteiger partial charge is 0.0643 e. The maximum atomic E-state index is 8.82. The average molecular weight is 183 g/mol. The third-order valence-electron chi connectivity index (χ3n) is 2.22. The Hall–Kier alpha value is -0.870. The van der Waals surface area contributed by atoms with E-state index in [9.17, 15) is 0 Å². The summed E-state index contributed by atoms with van der Waals surface area (Å²) >= 11 is 0. The molecule has 0 aromatic heterocycles. The number of nitrogens with one attached hydrogen (secondary N) is 1. The van der Waals surface area contributed by atoms with Crippen molar-refractivity contribution in [1.29, 1.82) is 0 Å². The lowest BCUT2D eigenvalue weighted by molar-refractivity contribution is 0.225. The van der Waals surface area contributed by atoms with Gasteiger partial charge in [0.1, 0.15) is 0 Å². The first-order valence-corrected chi connectivity index (χ1v) is 4.54. The van der Waals surface area contributed by atoms with E-state index in [1.165, 1.54) is 11.3 Å². The number of hydrogen-bond donors (Lipinski definition) is 2. The molecule has 0 saturated carbocycles. The van der Waals surface area contributed by atoms with Gasteiger partial charge in [-0.25, -0.2) is 0 Å². The topological polar surface area (TPSA) is 47.9 Å². The lowest BCUT2D eigenvalue weighted by Gasteiger charge is -2.27. The Morgan fingerprint density at radius 2 is 2.46 bits per heavy atom. The number of aliphatic hydroxyl groups excluding tert-OH is 1. The molecule has 0 atom stereocenters. The van der Waals surface area contributed by atoms with Gasteiger partial charge in [0.05, 0.1) is 13.2 Å². The Labute approximate surface area is 78.9 Å². The highest BCUT2D eigenvalue weighted by molar-refractivity contribution is 5.25. The fourth-order valence-corrected chi connectivity index (χ4v) is 1.53. The lowest BCUT2D eigenvalue weighted by atomic mass is 10.1. The molecule has 4 heteroatoms. The van der Waals surface area contributed by atoms with Gasteiger partial charge in [0.15, 0.2) is 0 Å². The molecule has 0 bridgehead atoms. The first-order chi connectivity index (χ1) is 6.29. The molecule has 1 aliphatic heterocycles. The van der Waals surface area contributed by atoms with Crippen LogP contribution in [0.5, 0.6) is 0 Å². The van der Waals surface area contributed by atoms with Crippen LogP contribution in [0.4, 0.5) is 0 Å². The van der Waals surface area contributed by atoms with Gasteiger partial charge in [-0.05, 0) is 12.5 Å². The van der Waals surface area contributed by atoms with Gasteiger partial charge in [-0.15, -0.1) is 0 Å². The maximum absolute atomic E-state index is 8.82. The molecule has 0 aromatic rings. The first kappa shape index (κ1) is 10.2. The van der Waals surface area contributed by atoms with Crippen LogP contribution in [0, 0.1) is 0 Å². The second kappa shape index (κ2) is 4.99. The van der Waals surface area contributed by atoms with E-state index in [2.05, 4.69) is 24.1 Å². The standard InChI is InChI=1S/C9H17N3O/c1-8-7-11-4-3-9(8)12(10-2)5-6-13/h11,13H,2-7H2,1H3. The van der Waals surface area contributed by atoms with Crippen LogP contribution in [0.3, 0.4) is 0 Å². The minimum absolute atomic E-state index is 0.114. The molecule has 0 radical (unpaired) electrons. The molecule has 74 valence electrons. The number of hydrazone groups is 1. The van der Waals surface area contributed by atoms with Crippen molar-refractivity contribution in [3.8, 4) is 0 Å². The van der Waals surface area contributed by atoms with Crippen LogP contribution < -0.4 is 5.32 Å². The zero-order valence-corrected chi connectivity index (χ0v) is 8.08. The Balaban J connectivity index is 2.70. The van der Waals surface area contributed by atoms with Gasteiger partial charge < -0.3 is 10.4 Å². The molecular formula is C9H17N3O. The van der Waals surface area contributed by atoms with E-state index < -0.39 is 0 Å². The van der Waals surface area contributed by atoms with Gasteiger partial charge in [-0.1, -0.05) is 0 Å². The maximum Gasteiger partial charge on any atom is 0.0643 e. The normalized spacial score (nSPS) is 17.4. The van der Waals surface area contributed by atoms with E-state index in [4.69, 9.17) is 5.11 Å². The summed E-state index contributed by atoms with van der Waals surface area (Å²) in [5.41, 5.74) is 2.48. The summed E-state index contributed by atoms with van der Waals surface area (Å²) < 4.78 is 0. The molecule has 13 heavy (non-hydrogen) atoms. The van der Waals surface area contributed by atoms with E-state index >= 15 is 0 Å². The molecular weight excluding hydrogens is 166 g/mol. The SMILES string of the molecule is C=NN(CCO)C1=C(C)CNCC1. The summed E-state index contributed by atoms with van der Waals surface area (Å²) in [6.45, 7) is 8.12. The molecule has 1 rings (SSSR count). The van der Waals surface area contributed by atoms with Gasteiger partial charge in [0.2, 0.25) is 0 Å². The molecule has 0 spiro atoms. The predicted octanol–water partition coefficient (Wildman–Crippen LogP) is 0.164. The second-order valence-corrected chi connectivity index (χ2v) is 3.14. The lowest BCUT2D eigenvalue weighted by Crippen LogP contribution is -2.31. The molecule has 0 saturated heterocycles. The quantitative estimate of drug-likeness (QED) is 0.482. The summed E-state index contributed by atoms with van der Waals surface area (Å²) in [5, 5.41) is 17.8. The third-order valence-corrected chi connectivity index (χ3v) is 2.22. The van der Waals surface area contributed by atoms with Crippen LogP contribution >= 0.6 is 0 Å². The predicted molar refractivity (Wildman–Crippen MR) is 53.5 cm³/mol. The van der Waals surface area contributed by atoms with Gasteiger partial charge in [-0.2, -0.15) is 5.10 Å². The Morgan fingerprint density at radius 1 is 1.69 bits per heavy atom. The summed E-state index contributed by atoms with van der Waals surface area (Å²) in [4.78, 5) is 0. The van der Waals surface area contributed by atoms with E-state index in [1.54, 1.807) is 5.01 Å². The summed E-state index contributed by atoms with van der Waals surface area (Å²) in [5.74, 6) is 0. The third kappa shape index (κ3) is 2.54. The van der Waals surface area contributed by atoms with Crippen molar-refractivity contribution in [2.24, 2.45) is 5.10 Å².